The Morgan fingerprint density at radius 3 is 2.74 bits per heavy atom. The van der Waals surface area contributed by atoms with Crippen molar-refractivity contribution >= 4 is 0 Å². The van der Waals surface area contributed by atoms with Gasteiger partial charge in [0.2, 0.25) is 0 Å². The molecule has 7 heteroatoms. The van der Waals surface area contributed by atoms with E-state index in [0.717, 1.165) is 12.4 Å². The Morgan fingerprint density at radius 1 is 1.26 bits per heavy atom. The topological polar surface area (TPSA) is 60.0 Å². The molecule has 0 aromatic carbocycles. The predicted octanol–water partition coefficient (Wildman–Crippen LogP) is 0.997. The Balaban J connectivity index is 0.00000110. The summed E-state index contributed by atoms with van der Waals surface area (Å²) in [6.07, 6.45) is 8.23. The van der Waals surface area contributed by atoms with Gasteiger partial charge in [0.15, 0.2) is 0 Å². The van der Waals surface area contributed by atoms with Gasteiger partial charge < -0.3 is 14.3 Å². The number of aromatic nitrogens is 4. The van der Waals surface area contributed by atoms with Gasteiger partial charge in [0, 0.05) is 38.6 Å². The first-order valence-corrected chi connectivity index (χ1v) is 6.35. The second kappa shape index (κ2) is 5.15. The molecule has 6 nitrogen and oxygen atoms in total. The van der Waals surface area contributed by atoms with Crippen molar-refractivity contribution in [1.29, 1.82) is 0 Å². The molecule has 2 aromatic heterocycles. The first-order chi connectivity index (χ1) is 8.92. The summed E-state index contributed by atoms with van der Waals surface area (Å²) in [5.74, 6) is 1.48. The average Bonchev–Trinajstić information content (AvgIpc) is 3.11. The van der Waals surface area contributed by atoms with Crippen LogP contribution in [-0.2, 0) is 20.1 Å². The number of oxazole rings is 1. The van der Waals surface area contributed by atoms with Crippen LogP contribution in [-0.4, -0.2) is 44.3 Å². The quantitative estimate of drug-likeness (QED) is 0.658. The maximum absolute atomic E-state index is 4.91. The van der Waals surface area contributed by atoms with Gasteiger partial charge in [0.25, 0.3) is 0 Å². The SMILES string of the molecule is [Ir].[c-]1ocnc1-c1ncnn1C1CN2CCC1CC2. The molecule has 2 bridgehead atoms. The minimum absolute atomic E-state index is 0. The number of piperidine rings is 3. The second-order valence-corrected chi connectivity index (χ2v) is 5.04. The number of hydrogen-bond acceptors (Lipinski definition) is 5. The number of rotatable bonds is 2. The molecule has 0 saturated carbocycles. The van der Waals surface area contributed by atoms with Crippen LogP contribution < -0.4 is 0 Å². The van der Waals surface area contributed by atoms with E-state index >= 15 is 0 Å². The molecule has 3 aliphatic rings. The van der Waals surface area contributed by atoms with E-state index in [1.54, 1.807) is 6.33 Å². The Bertz CT molecular complexity index is 532. The smallest absolute Gasteiger partial charge is 0.123 e. The molecule has 0 amide bonds. The molecule has 3 saturated heterocycles. The van der Waals surface area contributed by atoms with E-state index in [9.17, 15) is 0 Å². The molecule has 3 fully saturated rings. The van der Waals surface area contributed by atoms with E-state index in [0.29, 0.717) is 17.7 Å². The second-order valence-electron chi connectivity index (χ2n) is 5.04. The van der Waals surface area contributed by atoms with Crippen LogP contribution in [0.25, 0.3) is 11.5 Å². The van der Waals surface area contributed by atoms with Crippen molar-refractivity contribution in [2.24, 2.45) is 5.92 Å². The zero-order chi connectivity index (χ0) is 11.9. The maximum Gasteiger partial charge on any atom is 0.123 e. The van der Waals surface area contributed by atoms with Gasteiger partial charge >= 0.3 is 0 Å². The van der Waals surface area contributed by atoms with Crippen molar-refractivity contribution in [3.63, 3.8) is 0 Å². The van der Waals surface area contributed by atoms with Crippen molar-refractivity contribution in [2.45, 2.75) is 18.9 Å². The molecule has 0 N–H and O–H groups in total. The van der Waals surface area contributed by atoms with Crippen LogP contribution in [0.1, 0.15) is 18.9 Å². The molecular weight excluding hydrogens is 422 g/mol. The van der Waals surface area contributed by atoms with Crippen LogP contribution >= 0.6 is 0 Å². The van der Waals surface area contributed by atoms with Crippen molar-refractivity contribution < 1.29 is 24.5 Å². The molecule has 0 aliphatic carbocycles. The fraction of sp³-hybridized carbons (Fsp3) is 0.583. The minimum atomic E-state index is 0. The normalized spacial score (nSPS) is 29.2. The summed E-state index contributed by atoms with van der Waals surface area (Å²) in [5.41, 5.74) is 0.643. The van der Waals surface area contributed by atoms with Crippen molar-refractivity contribution in [2.75, 3.05) is 19.6 Å². The fourth-order valence-electron chi connectivity index (χ4n) is 3.16. The van der Waals surface area contributed by atoms with E-state index < -0.39 is 0 Å². The first kappa shape index (κ1) is 13.0. The molecular formula is C12H14IrN5O-. The fourth-order valence-corrected chi connectivity index (χ4v) is 3.16. The average molecular weight is 436 g/mol. The van der Waals surface area contributed by atoms with Crippen LogP contribution in [0.2, 0.25) is 0 Å². The monoisotopic (exact) mass is 437 g/mol. The molecule has 5 rings (SSSR count). The summed E-state index contributed by atoms with van der Waals surface area (Å²) >= 11 is 0. The Hall–Kier alpha value is -1.04. The summed E-state index contributed by atoms with van der Waals surface area (Å²) in [4.78, 5) is 10.9. The van der Waals surface area contributed by atoms with Gasteiger partial charge in [0.05, 0.1) is 18.3 Å². The maximum atomic E-state index is 4.91. The van der Waals surface area contributed by atoms with Crippen molar-refractivity contribution in [3.8, 4) is 11.5 Å². The molecule has 2 aromatic rings. The third kappa shape index (κ3) is 2.16. The van der Waals surface area contributed by atoms with Gasteiger partial charge in [0.1, 0.15) is 6.33 Å². The van der Waals surface area contributed by atoms with Gasteiger partial charge in [-0.3, -0.25) is 9.67 Å². The van der Waals surface area contributed by atoms with Crippen LogP contribution in [0.15, 0.2) is 17.1 Å². The minimum Gasteiger partial charge on any atom is -0.570 e. The summed E-state index contributed by atoms with van der Waals surface area (Å²) in [6, 6.07) is 0.412. The summed E-state index contributed by atoms with van der Waals surface area (Å²) in [6.45, 7) is 3.52. The van der Waals surface area contributed by atoms with Crippen molar-refractivity contribution in [1.82, 2.24) is 24.6 Å². The number of hydrogen-bond donors (Lipinski definition) is 0. The van der Waals surface area contributed by atoms with Crippen LogP contribution in [0.3, 0.4) is 0 Å². The Labute approximate surface area is 124 Å². The van der Waals surface area contributed by atoms with E-state index in [4.69, 9.17) is 4.42 Å². The van der Waals surface area contributed by atoms with Gasteiger partial charge in [-0.25, -0.2) is 0 Å². The zero-order valence-electron chi connectivity index (χ0n) is 10.3. The largest absolute Gasteiger partial charge is 0.570 e. The van der Waals surface area contributed by atoms with Gasteiger partial charge in [-0.1, -0.05) is 0 Å². The van der Waals surface area contributed by atoms with Crippen LogP contribution in [0.5, 0.6) is 0 Å². The van der Waals surface area contributed by atoms with E-state index in [1.165, 1.54) is 32.3 Å². The van der Waals surface area contributed by atoms with Gasteiger partial charge in [-0.05, 0) is 31.8 Å². The molecule has 1 atom stereocenters. The summed E-state index contributed by atoms with van der Waals surface area (Å²) in [7, 11) is 0. The molecule has 0 spiro atoms. The Morgan fingerprint density at radius 2 is 2.11 bits per heavy atom. The van der Waals surface area contributed by atoms with E-state index in [2.05, 4.69) is 26.2 Å². The molecule has 1 radical (unpaired) electrons. The first-order valence-electron chi connectivity index (χ1n) is 6.35. The number of fused-ring (bicyclic) bond motifs is 3. The molecule has 5 heterocycles. The van der Waals surface area contributed by atoms with E-state index in [-0.39, 0.29) is 20.1 Å². The summed E-state index contributed by atoms with van der Waals surface area (Å²) < 4.78 is 6.92. The predicted molar refractivity (Wildman–Crippen MR) is 62.6 cm³/mol. The van der Waals surface area contributed by atoms with Crippen LogP contribution in [0.4, 0.5) is 0 Å². The number of nitrogens with zero attached hydrogens (tertiary/aromatic N) is 5. The van der Waals surface area contributed by atoms with Gasteiger partial charge in [-0.15, -0.1) is 0 Å². The standard InChI is InChI=1S/C12H14N5O.Ir/c1-3-16-4-2-9(1)11(5-16)17-12(13-7-15-17)10-6-18-8-14-10;/h7-9,11H,1-5H2;/q-1;. The van der Waals surface area contributed by atoms with Crippen LogP contribution in [0, 0.1) is 12.2 Å². The Kier molecular flexibility index (Phi) is 3.51. The molecule has 1 unspecified atom stereocenters. The van der Waals surface area contributed by atoms with E-state index in [1.807, 2.05) is 4.68 Å². The van der Waals surface area contributed by atoms with Crippen molar-refractivity contribution in [3.05, 3.63) is 19.0 Å². The molecule has 3 aliphatic heterocycles. The third-order valence-electron chi connectivity index (χ3n) is 4.11. The molecule has 103 valence electrons. The summed E-state index contributed by atoms with van der Waals surface area (Å²) in [5, 5.41) is 4.39. The third-order valence-corrected chi connectivity index (χ3v) is 4.11. The molecule has 19 heavy (non-hydrogen) atoms. The van der Waals surface area contributed by atoms with Gasteiger partial charge in [-0.2, -0.15) is 5.10 Å². The zero-order valence-corrected chi connectivity index (χ0v) is 12.7.